The first-order valence-corrected chi connectivity index (χ1v) is 10.9. The molecule has 6 unspecified atom stereocenters. The van der Waals surface area contributed by atoms with Gasteiger partial charge in [-0.15, -0.1) is 0 Å². The highest BCUT2D eigenvalue weighted by Crippen LogP contribution is 2.93. The predicted octanol–water partition coefficient (Wildman–Crippen LogP) is 3.71. The average Bonchev–Trinajstić information content (AvgIpc) is 2.52. The number of hydrogen-bond donors (Lipinski definition) is 1. The Kier molecular flexibility index (Phi) is 1.39. The maximum absolute atomic E-state index is 12.0. The van der Waals surface area contributed by atoms with Crippen LogP contribution in [0.3, 0.4) is 0 Å². The van der Waals surface area contributed by atoms with Gasteiger partial charge in [-0.2, -0.15) is 0 Å². The molecule has 0 aromatic heterocycles. The minimum Gasteiger partial charge on any atom is -0.389 e. The van der Waals surface area contributed by atoms with Crippen molar-refractivity contribution < 1.29 is 5.11 Å². The Bertz CT molecular complexity index is 654. The Hall–Kier alpha value is -0.0400. The van der Waals surface area contributed by atoms with Gasteiger partial charge in [0.25, 0.3) is 0 Å². The molecule has 13 fully saturated rings. The SMILES string of the molecule is OC12CC34CC5C[C@@H]6C7CC89CC(C[C@@H]1[C@@H]8[C@H]63)C[C@H]2[C@H]9[C@H]4[C@H]7C5. The molecule has 13 aliphatic rings. The third-order valence-corrected chi connectivity index (χ3v) is 12.6. The minimum atomic E-state index is -0.193. The van der Waals surface area contributed by atoms with E-state index in [-0.39, 0.29) is 5.60 Å². The van der Waals surface area contributed by atoms with Crippen molar-refractivity contribution in [1.82, 2.24) is 0 Å². The lowest BCUT2D eigenvalue weighted by molar-refractivity contribution is -0.460. The summed E-state index contributed by atoms with van der Waals surface area (Å²) < 4.78 is 0. The first-order valence-electron chi connectivity index (χ1n) is 10.9. The molecule has 0 aliphatic heterocycles. The lowest BCUT2D eigenvalue weighted by Gasteiger charge is -2.92. The summed E-state index contributed by atoms with van der Waals surface area (Å²) in [6.45, 7) is 0. The van der Waals surface area contributed by atoms with Crippen LogP contribution in [0.15, 0.2) is 0 Å². The summed E-state index contributed by atoms with van der Waals surface area (Å²) in [4.78, 5) is 0. The van der Waals surface area contributed by atoms with E-state index in [0.29, 0.717) is 5.41 Å². The Morgan fingerprint density at radius 2 is 1.22 bits per heavy atom. The van der Waals surface area contributed by atoms with Crippen molar-refractivity contribution in [2.75, 3.05) is 0 Å². The minimum absolute atomic E-state index is 0.193. The van der Waals surface area contributed by atoms with Gasteiger partial charge < -0.3 is 5.11 Å². The number of hydrogen-bond acceptors (Lipinski definition) is 1. The van der Waals surface area contributed by atoms with E-state index in [1.54, 1.807) is 32.1 Å². The highest BCUT2D eigenvalue weighted by atomic mass is 16.3. The summed E-state index contributed by atoms with van der Waals surface area (Å²) in [6.07, 6.45) is 12.1. The molecule has 14 bridgehead atoms. The molecular formula is C22H28O. The summed E-state index contributed by atoms with van der Waals surface area (Å²) >= 11 is 0. The fraction of sp³-hybridized carbons (Fsp3) is 1.00. The molecule has 0 saturated heterocycles. The van der Waals surface area contributed by atoms with Crippen LogP contribution in [0.2, 0.25) is 0 Å². The molecular weight excluding hydrogens is 280 g/mol. The smallest absolute Gasteiger partial charge is 0.0715 e. The van der Waals surface area contributed by atoms with Gasteiger partial charge in [-0.3, -0.25) is 0 Å². The van der Waals surface area contributed by atoms with E-state index in [4.69, 9.17) is 0 Å². The van der Waals surface area contributed by atoms with E-state index < -0.39 is 0 Å². The maximum atomic E-state index is 12.0. The van der Waals surface area contributed by atoms with Crippen molar-refractivity contribution in [3.8, 4) is 0 Å². The van der Waals surface area contributed by atoms with E-state index in [0.717, 1.165) is 70.5 Å². The first-order chi connectivity index (χ1) is 11.2. The summed E-state index contributed by atoms with van der Waals surface area (Å²) in [7, 11) is 0. The molecule has 0 aromatic rings. The zero-order valence-electron chi connectivity index (χ0n) is 14.0. The van der Waals surface area contributed by atoms with Gasteiger partial charge in [0.2, 0.25) is 0 Å². The lowest BCUT2D eigenvalue weighted by Crippen LogP contribution is -2.89. The Morgan fingerprint density at radius 1 is 0.609 bits per heavy atom. The molecule has 0 aromatic carbocycles. The standard InChI is InChI=1S/C22H28O/c23-22-8-21-6-9-1-11-13-7-20-5-10(3-14(22)18(20)16(11)21)4-15(22)19(20)17(21)12(13)2-9/h9-19,23H,1-8H2/t9?,10?,11-,12+,13?,14-,15+,16+,17-,18-,19+,20?,21?,22?. The van der Waals surface area contributed by atoms with E-state index in [1.165, 1.54) is 19.3 Å². The van der Waals surface area contributed by atoms with Crippen molar-refractivity contribution in [3.63, 3.8) is 0 Å². The predicted molar refractivity (Wildman–Crippen MR) is 85.1 cm³/mol. The Balaban J connectivity index is 1.43. The summed E-state index contributed by atoms with van der Waals surface area (Å²) in [5.74, 6) is 11.1. The molecule has 23 heavy (non-hydrogen) atoms. The van der Waals surface area contributed by atoms with Crippen molar-refractivity contribution in [2.45, 2.75) is 57.0 Å². The van der Waals surface area contributed by atoms with Gasteiger partial charge in [-0.05, 0) is 127 Å². The summed E-state index contributed by atoms with van der Waals surface area (Å²) in [5, 5.41) is 12.0. The van der Waals surface area contributed by atoms with E-state index in [9.17, 15) is 5.11 Å². The van der Waals surface area contributed by atoms with Crippen molar-refractivity contribution in [2.24, 2.45) is 75.9 Å². The molecule has 0 amide bonds. The van der Waals surface area contributed by atoms with Gasteiger partial charge in [-0.1, -0.05) is 0 Å². The largest absolute Gasteiger partial charge is 0.389 e. The Labute approximate surface area is 138 Å². The summed E-state index contributed by atoms with van der Waals surface area (Å²) in [6, 6.07) is 0. The van der Waals surface area contributed by atoms with Crippen LogP contribution in [0.1, 0.15) is 51.4 Å². The molecule has 2 spiro atoms. The zero-order valence-corrected chi connectivity index (χ0v) is 14.0. The summed E-state index contributed by atoms with van der Waals surface area (Å²) in [5.41, 5.74) is 1.21. The second kappa shape index (κ2) is 2.78. The molecule has 1 nitrogen and oxygen atoms in total. The van der Waals surface area contributed by atoms with Gasteiger partial charge in [0, 0.05) is 0 Å². The fourth-order valence-electron chi connectivity index (χ4n) is 13.5. The lowest BCUT2D eigenvalue weighted by atomic mass is 9.13. The molecule has 13 saturated carbocycles. The monoisotopic (exact) mass is 308 g/mol. The molecule has 0 heterocycles. The van der Waals surface area contributed by atoms with Crippen molar-refractivity contribution in [3.05, 3.63) is 0 Å². The van der Waals surface area contributed by atoms with Crippen LogP contribution in [0.5, 0.6) is 0 Å². The van der Waals surface area contributed by atoms with E-state index >= 15 is 0 Å². The first kappa shape index (κ1) is 11.6. The van der Waals surface area contributed by atoms with Gasteiger partial charge in [0.05, 0.1) is 5.60 Å². The van der Waals surface area contributed by atoms with Crippen molar-refractivity contribution in [1.29, 1.82) is 0 Å². The van der Waals surface area contributed by atoms with Crippen LogP contribution >= 0.6 is 0 Å². The second-order valence-electron chi connectivity index (χ2n) is 12.2. The van der Waals surface area contributed by atoms with Crippen LogP contribution < -0.4 is 0 Å². The third-order valence-electron chi connectivity index (χ3n) is 12.6. The van der Waals surface area contributed by atoms with Crippen LogP contribution in [-0.2, 0) is 0 Å². The molecule has 13 aliphatic carbocycles. The van der Waals surface area contributed by atoms with Gasteiger partial charge in [0.15, 0.2) is 0 Å². The molecule has 122 valence electrons. The molecule has 1 heteroatoms. The molecule has 13 rings (SSSR count). The maximum Gasteiger partial charge on any atom is 0.0715 e. The highest BCUT2D eigenvalue weighted by Gasteiger charge is 2.89. The molecule has 14 atom stereocenters. The number of aliphatic hydroxyl groups is 1. The van der Waals surface area contributed by atoms with Crippen molar-refractivity contribution >= 4 is 0 Å². The van der Waals surface area contributed by atoms with Crippen LogP contribution in [0.4, 0.5) is 0 Å². The van der Waals surface area contributed by atoms with E-state index in [2.05, 4.69) is 0 Å². The fourth-order valence-corrected chi connectivity index (χ4v) is 13.5. The third kappa shape index (κ3) is 0.794. The zero-order chi connectivity index (χ0) is 14.5. The quantitative estimate of drug-likeness (QED) is 0.723. The second-order valence-corrected chi connectivity index (χ2v) is 12.2. The highest BCUT2D eigenvalue weighted by molar-refractivity contribution is 5.37. The normalized spacial score (nSPS) is 85.2. The van der Waals surface area contributed by atoms with Gasteiger partial charge in [0.1, 0.15) is 0 Å². The van der Waals surface area contributed by atoms with Crippen LogP contribution in [0.25, 0.3) is 0 Å². The van der Waals surface area contributed by atoms with Crippen LogP contribution in [-0.4, -0.2) is 10.7 Å². The Morgan fingerprint density at radius 3 is 1.91 bits per heavy atom. The van der Waals surface area contributed by atoms with E-state index in [1.807, 2.05) is 0 Å². The van der Waals surface area contributed by atoms with Crippen LogP contribution in [0, 0.1) is 75.9 Å². The molecule has 1 N–H and O–H groups in total. The number of rotatable bonds is 0. The van der Waals surface area contributed by atoms with Gasteiger partial charge in [-0.25, -0.2) is 0 Å². The molecule has 0 radical (unpaired) electrons. The topological polar surface area (TPSA) is 20.2 Å². The van der Waals surface area contributed by atoms with Gasteiger partial charge >= 0.3 is 0 Å². The average molecular weight is 308 g/mol.